The molecular formula is C12H15N3O3. The van der Waals surface area contributed by atoms with E-state index in [0.717, 1.165) is 5.56 Å². The van der Waals surface area contributed by atoms with Crippen LogP contribution in [0.5, 0.6) is 11.5 Å². The molecule has 0 spiro atoms. The van der Waals surface area contributed by atoms with Crippen molar-refractivity contribution in [2.45, 2.75) is 19.4 Å². The van der Waals surface area contributed by atoms with Crippen LogP contribution in [0.25, 0.3) is 0 Å². The molecule has 1 unspecified atom stereocenters. The minimum atomic E-state index is 0.00917. The molecule has 1 atom stereocenters. The van der Waals surface area contributed by atoms with E-state index in [0.29, 0.717) is 18.8 Å². The van der Waals surface area contributed by atoms with Gasteiger partial charge in [-0.05, 0) is 24.6 Å². The third kappa shape index (κ3) is 3.21. The lowest BCUT2D eigenvalue weighted by molar-refractivity contribution is 0.408. The van der Waals surface area contributed by atoms with Crippen LogP contribution >= 0.6 is 0 Å². The molecule has 0 saturated heterocycles. The molecule has 2 aromatic rings. The van der Waals surface area contributed by atoms with E-state index in [1.54, 1.807) is 12.1 Å². The van der Waals surface area contributed by atoms with Crippen molar-refractivity contribution in [2.75, 3.05) is 6.54 Å². The van der Waals surface area contributed by atoms with Crippen LogP contribution in [-0.2, 0) is 6.42 Å². The summed E-state index contributed by atoms with van der Waals surface area (Å²) >= 11 is 0. The second-order valence-electron chi connectivity index (χ2n) is 4.06. The van der Waals surface area contributed by atoms with E-state index in [2.05, 4.69) is 20.0 Å². The Balaban J connectivity index is 1.89. The minimum absolute atomic E-state index is 0.00917. The maximum Gasteiger partial charge on any atom is 0.213 e. The zero-order valence-corrected chi connectivity index (χ0v) is 10.00. The van der Waals surface area contributed by atoms with E-state index < -0.39 is 0 Å². The molecule has 0 fully saturated rings. The minimum Gasteiger partial charge on any atom is -0.508 e. The Hall–Kier alpha value is -2.08. The zero-order chi connectivity index (χ0) is 13.0. The van der Waals surface area contributed by atoms with Crippen molar-refractivity contribution < 1.29 is 14.7 Å². The van der Waals surface area contributed by atoms with E-state index in [4.69, 9.17) is 0 Å². The summed E-state index contributed by atoms with van der Waals surface area (Å²) in [5.41, 5.74) is 0.820. The molecule has 6 heteroatoms. The molecule has 96 valence electrons. The molecule has 0 aliphatic heterocycles. The summed E-state index contributed by atoms with van der Waals surface area (Å²) in [7, 11) is 0. The Labute approximate surface area is 104 Å². The van der Waals surface area contributed by atoms with Crippen molar-refractivity contribution in [3.05, 3.63) is 36.0 Å². The molecule has 0 aliphatic rings. The number of aromatic nitrogens is 2. The van der Waals surface area contributed by atoms with Gasteiger partial charge in [0.1, 0.15) is 11.5 Å². The van der Waals surface area contributed by atoms with E-state index >= 15 is 0 Å². The predicted molar refractivity (Wildman–Crippen MR) is 64.2 cm³/mol. The topological polar surface area (TPSA) is 91.4 Å². The zero-order valence-electron chi connectivity index (χ0n) is 10.00. The molecule has 1 aromatic carbocycles. The Morgan fingerprint density at radius 2 is 2.00 bits per heavy atom. The standard InChI is InChI=1S/C12H15N3O3/c1-8(9-4-10(16)6-11(17)5-9)13-3-2-12-14-7-18-15-12/h4-8,13,16-17H,2-3H2,1H3. The van der Waals surface area contributed by atoms with Crippen LogP contribution in [0.2, 0.25) is 0 Å². The van der Waals surface area contributed by atoms with E-state index in [1.165, 1.54) is 12.5 Å². The summed E-state index contributed by atoms with van der Waals surface area (Å²) in [5, 5.41) is 25.8. The molecule has 0 radical (unpaired) electrons. The highest BCUT2D eigenvalue weighted by atomic mass is 16.5. The van der Waals surface area contributed by atoms with E-state index in [-0.39, 0.29) is 17.5 Å². The number of phenols is 2. The summed E-state index contributed by atoms with van der Waals surface area (Å²) < 4.78 is 4.63. The molecule has 0 amide bonds. The quantitative estimate of drug-likeness (QED) is 0.741. The first-order valence-corrected chi connectivity index (χ1v) is 5.66. The molecule has 18 heavy (non-hydrogen) atoms. The molecule has 0 saturated carbocycles. The number of rotatable bonds is 5. The summed E-state index contributed by atoms with van der Waals surface area (Å²) in [5.74, 6) is 0.752. The smallest absolute Gasteiger partial charge is 0.213 e. The summed E-state index contributed by atoms with van der Waals surface area (Å²) in [4.78, 5) is 3.92. The molecule has 2 rings (SSSR count). The van der Waals surface area contributed by atoms with Crippen LogP contribution in [0.4, 0.5) is 0 Å². The summed E-state index contributed by atoms with van der Waals surface area (Å²) in [6.45, 7) is 2.63. The number of hydrogen-bond donors (Lipinski definition) is 3. The molecule has 0 bridgehead atoms. The van der Waals surface area contributed by atoms with Crippen LogP contribution in [0.1, 0.15) is 24.4 Å². The van der Waals surface area contributed by atoms with Crippen molar-refractivity contribution in [3.63, 3.8) is 0 Å². The third-order valence-corrected chi connectivity index (χ3v) is 2.63. The van der Waals surface area contributed by atoms with Gasteiger partial charge in [0.05, 0.1) is 0 Å². The fourth-order valence-corrected chi connectivity index (χ4v) is 1.69. The first kappa shape index (κ1) is 12.4. The fraction of sp³-hybridized carbons (Fsp3) is 0.333. The van der Waals surface area contributed by atoms with E-state index in [9.17, 15) is 10.2 Å². The van der Waals surface area contributed by atoms with E-state index in [1.807, 2.05) is 6.92 Å². The number of benzene rings is 1. The monoisotopic (exact) mass is 249 g/mol. The average molecular weight is 249 g/mol. The molecule has 1 aromatic heterocycles. The Morgan fingerprint density at radius 1 is 1.28 bits per heavy atom. The average Bonchev–Trinajstić information content (AvgIpc) is 2.80. The van der Waals surface area contributed by atoms with Gasteiger partial charge in [-0.2, -0.15) is 4.98 Å². The van der Waals surface area contributed by atoms with Gasteiger partial charge < -0.3 is 20.1 Å². The van der Waals surface area contributed by atoms with Crippen molar-refractivity contribution in [2.24, 2.45) is 0 Å². The Bertz CT molecular complexity index is 479. The van der Waals surface area contributed by atoms with Crippen LogP contribution < -0.4 is 5.32 Å². The third-order valence-electron chi connectivity index (χ3n) is 2.63. The second kappa shape index (κ2) is 5.50. The number of nitrogens with zero attached hydrogens (tertiary/aromatic N) is 2. The van der Waals surface area contributed by atoms with Crippen molar-refractivity contribution in [3.8, 4) is 11.5 Å². The molecule has 1 heterocycles. The molecule has 0 aliphatic carbocycles. The highest BCUT2D eigenvalue weighted by Gasteiger charge is 2.08. The van der Waals surface area contributed by atoms with Gasteiger partial charge in [0.25, 0.3) is 0 Å². The van der Waals surface area contributed by atoms with Gasteiger partial charge in [-0.3, -0.25) is 0 Å². The predicted octanol–water partition coefficient (Wildman–Crippen LogP) is 1.37. The van der Waals surface area contributed by atoms with Gasteiger partial charge in [-0.25, -0.2) is 0 Å². The van der Waals surface area contributed by atoms with Crippen LogP contribution in [0.15, 0.2) is 29.1 Å². The molecule has 6 nitrogen and oxygen atoms in total. The highest BCUT2D eigenvalue weighted by Crippen LogP contribution is 2.24. The second-order valence-corrected chi connectivity index (χ2v) is 4.06. The van der Waals surface area contributed by atoms with Crippen molar-refractivity contribution >= 4 is 0 Å². The van der Waals surface area contributed by atoms with Gasteiger partial charge in [0.15, 0.2) is 5.82 Å². The number of hydrogen-bond acceptors (Lipinski definition) is 6. The van der Waals surface area contributed by atoms with Gasteiger partial charge >= 0.3 is 0 Å². The lowest BCUT2D eigenvalue weighted by Crippen LogP contribution is -2.21. The van der Waals surface area contributed by atoms with Gasteiger partial charge in [0, 0.05) is 25.1 Å². The molecular weight excluding hydrogens is 234 g/mol. The Morgan fingerprint density at radius 3 is 2.61 bits per heavy atom. The number of aromatic hydroxyl groups is 2. The number of phenolic OH excluding ortho intramolecular Hbond substituents is 2. The first-order chi connectivity index (χ1) is 8.65. The Kier molecular flexibility index (Phi) is 3.78. The normalized spacial score (nSPS) is 12.5. The van der Waals surface area contributed by atoms with Gasteiger partial charge in [0.2, 0.25) is 6.39 Å². The number of nitrogens with one attached hydrogen (secondary N) is 1. The van der Waals surface area contributed by atoms with Crippen molar-refractivity contribution in [1.82, 2.24) is 15.5 Å². The summed E-state index contributed by atoms with van der Waals surface area (Å²) in [6, 6.07) is 4.54. The SMILES string of the molecule is CC(NCCc1ncon1)c1cc(O)cc(O)c1. The van der Waals surface area contributed by atoms with Crippen molar-refractivity contribution in [1.29, 1.82) is 0 Å². The van der Waals surface area contributed by atoms with Gasteiger partial charge in [-0.1, -0.05) is 5.16 Å². The highest BCUT2D eigenvalue weighted by molar-refractivity contribution is 5.37. The van der Waals surface area contributed by atoms with Gasteiger partial charge in [-0.15, -0.1) is 0 Å². The van der Waals surface area contributed by atoms with Crippen LogP contribution in [0.3, 0.4) is 0 Å². The largest absolute Gasteiger partial charge is 0.508 e. The summed E-state index contributed by atoms with van der Waals surface area (Å²) in [6.07, 6.45) is 1.96. The van der Waals surface area contributed by atoms with Crippen LogP contribution in [0, 0.1) is 0 Å². The fourth-order valence-electron chi connectivity index (χ4n) is 1.69. The first-order valence-electron chi connectivity index (χ1n) is 5.66. The molecule has 3 N–H and O–H groups in total. The lowest BCUT2D eigenvalue weighted by Gasteiger charge is -2.14. The maximum absolute atomic E-state index is 9.40. The van der Waals surface area contributed by atoms with Crippen LogP contribution in [-0.4, -0.2) is 26.9 Å². The lowest BCUT2D eigenvalue weighted by atomic mass is 10.1. The maximum atomic E-state index is 9.40.